The molecule has 0 amide bonds. The van der Waals surface area contributed by atoms with Crippen molar-refractivity contribution in [2.75, 3.05) is 36.0 Å². The smallest absolute Gasteiger partial charge is 0.305 e. The van der Waals surface area contributed by atoms with Gasteiger partial charge in [0.1, 0.15) is 0 Å². The highest BCUT2D eigenvalue weighted by Crippen LogP contribution is 2.26. The Morgan fingerprint density at radius 2 is 1.82 bits per heavy atom. The maximum Gasteiger partial charge on any atom is 0.305 e. The summed E-state index contributed by atoms with van der Waals surface area (Å²) in [5.74, 6) is -0.248. The molecule has 22 heavy (non-hydrogen) atoms. The van der Waals surface area contributed by atoms with Crippen molar-refractivity contribution in [1.29, 1.82) is 0 Å². The van der Waals surface area contributed by atoms with Crippen LogP contribution in [0, 0.1) is 12.8 Å². The summed E-state index contributed by atoms with van der Waals surface area (Å²) in [6.07, 6.45) is 0.171. The molecule has 0 aliphatic rings. The fourth-order valence-corrected chi connectivity index (χ4v) is 2.76. The molecule has 4 nitrogen and oxygen atoms in total. The average molecular weight is 306 g/mol. The van der Waals surface area contributed by atoms with Crippen LogP contribution in [0.3, 0.4) is 0 Å². The summed E-state index contributed by atoms with van der Waals surface area (Å²) in [7, 11) is 0. The SMILES string of the molecule is CCN(CC)c1ccc(N(CCC(=O)O)CC(C)C)c(C)c1. The van der Waals surface area contributed by atoms with Crippen LogP contribution in [0.15, 0.2) is 18.2 Å². The molecule has 0 aliphatic carbocycles. The van der Waals surface area contributed by atoms with Crippen LogP contribution in [0.1, 0.15) is 39.7 Å². The summed E-state index contributed by atoms with van der Waals surface area (Å²) in [5.41, 5.74) is 3.58. The second-order valence-corrected chi connectivity index (χ2v) is 6.13. The molecule has 0 heterocycles. The number of carbonyl (C=O) groups is 1. The molecule has 1 N–H and O–H groups in total. The number of anilines is 2. The van der Waals surface area contributed by atoms with Crippen LogP contribution in [0.2, 0.25) is 0 Å². The molecule has 0 atom stereocenters. The van der Waals surface area contributed by atoms with Crippen molar-refractivity contribution < 1.29 is 9.90 Å². The summed E-state index contributed by atoms with van der Waals surface area (Å²) in [6, 6.07) is 6.48. The quantitative estimate of drug-likeness (QED) is 0.754. The molecule has 0 aliphatic heterocycles. The molecule has 0 spiro atoms. The maximum atomic E-state index is 10.9. The minimum Gasteiger partial charge on any atom is -0.481 e. The normalized spacial score (nSPS) is 10.8. The molecule has 4 heteroatoms. The summed E-state index contributed by atoms with van der Waals surface area (Å²) in [6.45, 7) is 14.2. The van der Waals surface area contributed by atoms with Gasteiger partial charge in [0.05, 0.1) is 6.42 Å². The van der Waals surface area contributed by atoms with E-state index in [0.29, 0.717) is 12.5 Å². The van der Waals surface area contributed by atoms with Gasteiger partial charge < -0.3 is 14.9 Å². The predicted octanol–water partition coefficient (Wildman–Crippen LogP) is 3.78. The molecule has 0 saturated carbocycles. The summed E-state index contributed by atoms with van der Waals surface area (Å²) in [5, 5.41) is 8.96. The average Bonchev–Trinajstić information content (AvgIpc) is 2.44. The number of rotatable bonds is 9. The Morgan fingerprint density at radius 1 is 1.18 bits per heavy atom. The Kier molecular flexibility index (Phi) is 7.22. The number of hydrogen-bond acceptors (Lipinski definition) is 3. The molecule has 0 saturated heterocycles. The molecule has 1 rings (SSSR count). The molecule has 0 aromatic heterocycles. The fraction of sp³-hybridized carbons (Fsp3) is 0.611. The number of hydrogen-bond donors (Lipinski definition) is 1. The van der Waals surface area contributed by atoms with Crippen molar-refractivity contribution in [3.8, 4) is 0 Å². The Hall–Kier alpha value is -1.71. The van der Waals surface area contributed by atoms with E-state index in [9.17, 15) is 4.79 Å². The molecule has 124 valence electrons. The lowest BCUT2D eigenvalue weighted by Gasteiger charge is -2.29. The van der Waals surface area contributed by atoms with E-state index in [4.69, 9.17) is 5.11 Å². The monoisotopic (exact) mass is 306 g/mol. The lowest BCUT2D eigenvalue weighted by molar-refractivity contribution is -0.136. The standard InChI is InChI=1S/C18H30N2O2/c1-6-19(7-2)16-8-9-17(15(5)12-16)20(13-14(3)4)11-10-18(21)22/h8-9,12,14H,6-7,10-11,13H2,1-5H3,(H,21,22). The maximum absolute atomic E-state index is 10.9. The van der Waals surface area contributed by atoms with Gasteiger partial charge in [-0.15, -0.1) is 0 Å². The lowest BCUT2D eigenvalue weighted by atomic mass is 10.1. The summed E-state index contributed by atoms with van der Waals surface area (Å²) in [4.78, 5) is 15.4. The van der Waals surface area contributed by atoms with Gasteiger partial charge >= 0.3 is 5.97 Å². The van der Waals surface area contributed by atoms with Gasteiger partial charge in [-0.2, -0.15) is 0 Å². The number of aliphatic carboxylic acids is 1. The minimum atomic E-state index is -0.744. The highest BCUT2D eigenvalue weighted by Gasteiger charge is 2.14. The van der Waals surface area contributed by atoms with Crippen LogP contribution in [-0.4, -0.2) is 37.3 Å². The van der Waals surface area contributed by atoms with E-state index in [1.54, 1.807) is 0 Å². The van der Waals surface area contributed by atoms with Crippen molar-refractivity contribution in [3.63, 3.8) is 0 Å². The first-order chi connectivity index (χ1) is 10.4. The van der Waals surface area contributed by atoms with E-state index < -0.39 is 5.97 Å². The van der Waals surface area contributed by atoms with Gasteiger partial charge in [0.15, 0.2) is 0 Å². The van der Waals surface area contributed by atoms with Crippen LogP contribution >= 0.6 is 0 Å². The second kappa shape index (κ2) is 8.66. The highest BCUT2D eigenvalue weighted by molar-refractivity contribution is 5.68. The van der Waals surface area contributed by atoms with Crippen LogP contribution in [-0.2, 0) is 4.79 Å². The van der Waals surface area contributed by atoms with Gasteiger partial charge in [-0.3, -0.25) is 4.79 Å². The zero-order valence-electron chi connectivity index (χ0n) is 14.6. The van der Waals surface area contributed by atoms with Gasteiger partial charge in [0.25, 0.3) is 0 Å². The fourth-order valence-electron chi connectivity index (χ4n) is 2.76. The first-order valence-corrected chi connectivity index (χ1v) is 8.21. The van der Waals surface area contributed by atoms with Crippen molar-refractivity contribution in [2.45, 2.75) is 41.0 Å². The van der Waals surface area contributed by atoms with Crippen LogP contribution in [0.5, 0.6) is 0 Å². The van der Waals surface area contributed by atoms with Gasteiger partial charge in [0, 0.05) is 37.6 Å². The van der Waals surface area contributed by atoms with E-state index in [1.165, 1.54) is 11.3 Å². The molecule has 0 fully saturated rings. The lowest BCUT2D eigenvalue weighted by Crippen LogP contribution is -2.30. The minimum absolute atomic E-state index is 0.171. The largest absolute Gasteiger partial charge is 0.481 e. The number of carboxylic acid groups (broad SMARTS) is 1. The predicted molar refractivity (Wildman–Crippen MR) is 94.0 cm³/mol. The van der Waals surface area contributed by atoms with E-state index in [0.717, 1.165) is 25.3 Å². The number of aryl methyl sites for hydroxylation is 1. The van der Waals surface area contributed by atoms with Crippen LogP contribution < -0.4 is 9.80 Å². The van der Waals surface area contributed by atoms with Gasteiger partial charge in [-0.05, 0) is 50.5 Å². The zero-order valence-corrected chi connectivity index (χ0v) is 14.6. The summed E-state index contributed by atoms with van der Waals surface area (Å²) >= 11 is 0. The molecular weight excluding hydrogens is 276 g/mol. The third-order valence-electron chi connectivity index (χ3n) is 3.83. The van der Waals surface area contributed by atoms with Crippen molar-refractivity contribution >= 4 is 17.3 Å². The number of benzene rings is 1. The van der Waals surface area contributed by atoms with Gasteiger partial charge in [0.2, 0.25) is 0 Å². The zero-order chi connectivity index (χ0) is 16.7. The Morgan fingerprint density at radius 3 is 2.27 bits per heavy atom. The van der Waals surface area contributed by atoms with Gasteiger partial charge in [-0.25, -0.2) is 0 Å². The third kappa shape index (κ3) is 5.24. The Labute approximate surface area is 134 Å². The first kappa shape index (κ1) is 18.3. The molecule has 0 bridgehead atoms. The van der Waals surface area contributed by atoms with Crippen molar-refractivity contribution in [1.82, 2.24) is 0 Å². The first-order valence-electron chi connectivity index (χ1n) is 8.21. The third-order valence-corrected chi connectivity index (χ3v) is 3.83. The number of nitrogens with zero attached hydrogens (tertiary/aromatic N) is 2. The molecule has 1 aromatic carbocycles. The molecule has 0 radical (unpaired) electrons. The van der Waals surface area contributed by atoms with Crippen LogP contribution in [0.4, 0.5) is 11.4 Å². The Balaban J connectivity index is 3.00. The van der Waals surface area contributed by atoms with Crippen molar-refractivity contribution in [3.05, 3.63) is 23.8 Å². The topological polar surface area (TPSA) is 43.8 Å². The second-order valence-electron chi connectivity index (χ2n) is 6.13. The number of carboxylic acids is 1. The Bertz CT molecular complexity index is 482. The van der Waals surface area contributed by atoms with E-state index in [2.05, 4.69) is 62.6 Å². The summed E-state index contributed by atoms with van der Waals surface area (Å²) < 4.78 is 0. The van der Waals surface area contributed by atoms with Crippen LogP contribution in [0.25, 0.3) is 0 Å². The molecule has 1 aromatic rings. The van der Waals surface area contributed by atoms with E-state index in [1.807, 2.05) is 0 Å². The van der Waals surface area contributed by atoms with Gasteiger partial charge in [-0.1, -0.05) is 13.8 Å². The molecular formula is C18H30N2O2. The van der Waals surface area contributed by atoms with Crippen molar-refractivity contribution in [2.24, 2.45) is 5.92 Å². The van der Waals surface area contributed by atoms with E-state index in [-0.39, 0.29) is 6.42 Å². The molecule has 0 unspecified atom stereocenters. The highest BCUT2D eigenvalue weighted by atomic mass is 16.4. The van der Waals surface area contributed by atoms with E-state index >= 15 is 0 Å².